The number of carbonyl (C=O) groups excluding carboxylic acids is 2. The van der Waals surface area contributed by atoms with E-state index in [4.69, 9.17) is 23.7 Å². The second kappa shape index (κ2) is 26.8. The lowest BCUT2D eigenvalue weighted by Crippen LogP contribution is -2.20. The van der Waals surface area contributed by atoms with Crippen molar-refractivity contribution >= 4 is 11.8 Å². The van der Waals surface area contributed by atoms with Gasteiger partial charge in [-0.2, -0.15) is 0 Å². The highest BCUT2D eigenvalue weighted by atomic mass is 16.6. The van der Waals surface area contributed by atoms with Crippen molar-refractivity contribution in [2.24, 2.45) is 0 Å². The number of hydrogen-bond acceptors (Lipinski definition) is 7. The molecule has 0 aromatic heterocycles. The lowest BCUT2D eigenvalue weighted by Gasteiger charge is -2.08. The van der Waals surface area contributed by atoms with Crippen LogP contribution >= 0.6 is 0 Å². The highest BCUT2D eigenvalue weighted by Crippen LogP contribution is 2.12. The number of esters is 1. The summed E-state index contributed by atoms with van der Waals surface area (Å²) >= 11 is 0. The lowest BCUT2D eigenvalue weighted by molar-refractivity contribution is -0.139. The second-order valence-electron chi connectivity index (χ2n) is 9.52. The Balaban J connectivity index is 1.71. The van der Waals surface area contributed by atoms with Gasteiger partial charge >= 0.3 is 5.97 Å². The molecule has 0 aliphatic carbocycles. The van der Waals surface area contributed by atoms with Crippen LogP contribution in [0, 0.1) is 0 Å². The van der Waals surface area contributed by atoms with E-state index in [0.717, 1.165) is 13.0 Å². The van der Waals surface area contributed by atoms with Gasteiger partial charge in [-0.1, -0.05) is 114 Å². The smallest absolute Gasteiger partial charge is 0.379 e. The molecule has 0 aliphatic heterocycles. The van der Waals surface area contributed by atoms with Gasteiger partial charge in [0.05, 0.1) is 46.2 Å². The lowest BCUT2D eigenvalue weighted by atomic mass is 10.0. The fraction of sp³-hybridized carbons (Fsp3) is 0.742. The number of ketones is 1. The van der Waals surface area contributed by atoms with Crippen LogP contribution in [-0.4, -0.2) is 71.2 Å². The molecule has 0 heterocycles. The van der Waals surface area contributed by atoms with Gasteiger partial charge in [-0.15, -0.1) is 0 Å². The van der Waals surface area contributed by atoms with Crippen LogP contribution in [0.2, 0.25) is 0 Å². The van der Waals surface area contributed by atoms with Crippen molar-refractivity contribution in [2.45, 2.75) is 90.4 Å². The molecule has 0 radical (unpaired) electrons. The van der Waals surface area contributed by atoms with E-state index in [2.05, 4.69) is 6.92 Å². The first kappa shape index (κ1) is 34.2. The van der Waals surface area contributed by atoms with Crippen molar-refractivity contribution in [3.05, 3.63) is 35.9 Å². The van der Waals surface area contributed by atoms with E-state index in [-0.39, 0.29) is 13.2 Å². The second-order valence-corrected chi connectivity index (χ2v) is 9.52. The third kappa shape index (κ3) is 21.2. The molecule has 0 amide bonds. The van der Waals surface area contributed by atoms with Crippen molar-refractivity contribution in [2.75, 3.05) is 59.5 Å². The molecule has 218 valence electrons. The number of benzene rings is 1. The maximum Gasteiger partial charge on any atom is 0.379 e. The molecule has 0 saturated heterocycles. The molecule has 0 saturated carbocycles. The van der Waals surface area contributed by atoms with Gasteiger partial charge in [0.15, 0.2) is 0 Å². The molecule has 0 fully saturated rings. The molecule has 1 aromatic rings. The molecule has 1 rings (SSSR count). The zero-order valence-corrected chi connectivity index (χ0v) is 23.8. The number of unbranched alkanes of at least 4 members (excludes halogenated alkanes) is 12. The molecule has 38 heavy (non-hydrogen) atoms. The number of hydrogen-bond donors (Lipinski definition) is 0. The molecule has 0 unspecified atom stereocenters. The summed E-state index contributed by atoms with van der Waals surface area (Å²) in [4.78, 5) is 23.6. The summed E-state index contributed by atoms with van der Waals surface area (Å²) in [6, 6.07) is 8.33. The SMILES string of the molecule is CCCCCCCCCCCCCCCOCCOCCOCCOCCOC(=O)C(=O)c1ccccc1. The molecule has 0 atom stereocenters. The Morgan fingerprint density at radius 1 is 0.500 bits per heavy atom. The van der Waals surface area contributed by atoms with Crippen LogP contribution in [0.3, 0.4) is 0 Å². The quantitative estimate of drug-likeness (QED) is 0.0518. The minimum Gasteiger partial charge on any atom is -0.457 e. The van der Waals surface area contributed by atoms with E-state index < -0.39 is 11.8 Å². The molecule has 0 aliphatic rings. The standard InChI is InChI=1S/C31H52O7/c1-2-3-4-5-6-7-8-9-10-11-12-13-17-20-34-21-22-35-23-24-36-25-26-37-27-28-38-31(33)30(32)29-18-15-14-16-19-29/h14-16,18-19H,2-13,17,20-28H2,1H3. The van der Waals surface area contributed by atoms with E-state index in [1.165, 1.54) is 77.0 Å². The Morgan fingerprint density at radius 2 is 0.895 bits per heavy atom. The van der Waals surface area contributed by atoms with Gasteiger partial charge in [0.25, 0.3) is 5.78 Å². The van der Waals surface area contributed by atoms with Crippen LogP contribution in [0.1, 0.15) is 101 Å². The monoisotopic (exact) mass is 536 g/mol. The van der Waals surface area contributed by atoms with Gasteiger partial charge in [-0.3, -0.25) is 4.79 Å². The normalized spacial score (nSPS) is 11.1. The molecular formula is C31H52O7. The van der Waals surface area contributed by atoms with Crippen molar-refractivity contribution in [3.63, 3.8) is 0 Å². The third-order valence-corrected chi connectivity index (χ3v) is 6.19. The molecule has 0 bridgehead atoms. The summed E-state index contributed by atoms with van der Waals surface area (Å²) in [5, 5.41) is 0. The predicted octanol–water partition coefficient (Wildman–Crippen LogP) is 6.57. The first-order chi connectivity index (χ1) is 18.8. The maximum atomic E-state index is 11.9. The first-order valence-electron chi connectivity index (χ1n) is 14.8. The average Bonchev–Trinajstić information content (AvgIpc) is 2.94. The number of rotatable bonds is 28. The topological polar surface area (TPSA) is 80.3 Å². The van der Waals surface area contributed by atoms with Gasteiger partial charge in [0.2, 0.25) is 0 Å². The van der Waals surface area contributed by atoms with Crippen LogP contribution in [0.25, 0.3) is 0 Å². The zero-order valence-electron chi connectivity index (χ0n) is 23.8. The first-order valence-corrected chi connectivity index (χ1v) is 14.8. The van der Waals surface area contributed by atoms with Crippen molar-refractivity contribution in [3.8, 4) is 0 Å². The Kier molecular flexibility index (Phi) is 24.1. The Labute approximate surface area is 230 Å². The van der Waals surface area contributed by atoms with E-state index in [1.807, 2.05) is 0 Å². The summed E-state index contributed by atoms with van der Waals surface area (Å²) in [5.74, 6) is -1.53. The Hall–Kier alpha value is -1.80. The summed E-state index contributed by atoms with van der Waals surface area (Å²) < 4.78 is 26.8. The van der Waals surface area contributed by atoms with Gasteiger partial charge in [0.1, 0.15) is 6.61 Å². The molecule has 0 N–H and O–H groups in total. The van der Waals surface area contributed by atoms with Crippen LogP contribution in [0.4, 0.5) is 0 Å². The van der Waals surface area contributed by atoms with Crippen molar-refractivity contribution in [1.82, 2.24) is 0 Å². The Bertz CT molecular complexity index is 665. The highest BCUT2D eigenvalue weighted by Gasteiger charge is 2.17. The average molecular weight is 537 g/mol. The van der Waals surface area contributed by atoms with Crippen molar-refractivity contribution in [1.29, 1.82) is 0 Å². The molecular weight excluding hydrogens is 484 g/mol. The predicted molar refractivity (Wildman–Crippen MR) is 151 cm³/mol. The van der Waals surface area contributed by atoms with Crippen LogP contribution in [0.15, 0.2) is 30.3 Å². The Morgan fingerprint density at radius 3 is 1.37 bits per heavy atom. The van der Waals surface area contributed by atoms with E-state index in [9.17, 15) is 9.59 Å². The highest BCUT2D eigenvalue weighted by molar-refractivity contribution is 6.40. The van der Waals surface area contributed by atoms with Crippen LogP contribution in [-0.2, 0) is 28.5 Å². The molecule has 1 aromatic carbocycles. The van der Waals surface area contributed by atoms with Gasteiger partial charge in [-0.05, 0) is 6.42 Å². The van der Waals surface area contributed by atoms with E-state index in [0.29, 0.717) is 45.2 Å². The van der Waals surface area contributed by atoms with E-state index >= 15 is 0 Å². The summed E-state index contributed by atoms with van der Waals surface area (Å²) in [6.45, 7) is 6.33. The minimum absolute atomic E-state index is 0.0276. The van der Waals surface area contributed by atoms with E-state index in [1.54, 1.807) is 30.3 Å². The fourth-order valence-corrected chi connectivity index (χ4v) is 3.95. The minimum atomic E-state index is -0.874. The van der Waals surface area contributed by atoms with Gasteiger partial charge in [-0.25, -0.2) is 4.79 Å². The van der Waals surface area contributed by atoms with Crippen molar-refractivity contribution < 1.29 is 33.3 Å². The fourth-order valence-electron chi connectivity index (χ4n) is 3.95. The molecule has 7 nitrogen and oxygen atoms in total. The number of ether oxygens (including phenoxy) is 5. The van der Waals surface area contributed by atoms with Crippen LogP contribution < -0.4 is 0 Å². The summed E-state index contributed by atoms with van der Waals surface area (Å²) in [7, 11) is 0. The molecule has 0 spiro atoms. The van der Waals surface area contributed by atoms with Gasteiger partial charge in [0, 0.05) is 12.2 Å². The van der Waals surface area contributed by atoms with Crippen LogP contribution in [0.5, 0.6) is 0 Å². The summed E-state index contributed by atoms with van der Waals surface area (Å²) in [6.07, 6.45) is 17.7. The summed E-state index contributed by atoms with van der Waals surface area (Å²) in [5.41, 5.74) is 0.315. The number of Topliss-reactive ketones (excluding diaryl/α,β-unsaturated/α-hetero) is 1. The number of carbonyl (C=O) groups is 2. The largest absolute Gasteiger partial charge is 0.457 e. The molecule has 7 heteroatoms. The third-order valence-electron chi connectivity index (χ3n) is 6.19. The van der Waals surface area contributed by atoms with Gasteiger partial charge < -0.3 is 23.7 Å². The maximum absolute atomic E-state index is 11.9. The zero-order chi connectivity index (χ0) is 27.4.